The van der Waals surface area contributed by atoms with Gasteiger partial charge in [-0.05, 0) is 22.8 Å². The maximum Gasteiger partial charge on any atom is 0.162 e. The molecule has 0 atom stereocenters. The summed E-state index contributed by atoms with van der Waals surface area (Å²) in [7, 11) is 0. The summed E-state index contributed by atoms with van der Waals surface area (Å²) >= 11 is 0. The van der Waals surface area contributed by atoms with Crippen LogP contribution in [0.25, 0.3) is 11.1 Å². The van der Waals surface area contributed by atoms with E-state index in [1.807, 2.05) is 24.3 Å². The number of hydrogen-bond acceptors (Lipinski definition) is 0. The first-order valence-electron chi connectivity index (χ1n) is 4.82. The molecule has 0 unspecified atom stereocenters. The van der Waals surface area contributed by atoms with Crippen molar-refractivity contribution in [3.63, 3.8) is 0 Å². The van der Waals surface area contributed by atoms with Gasteiger partial charge in [-0.15, -0.1) is 0 Å². The van der Waals surface area contributed by atoms with Crippen LogP contribution >= 0.6 is 0 Å². The Labute approximate surface area is 86.2 Å². The lowest BCUT2D eigenvalue weighted by molar-refractivity contribution is 0.502. The molecule has 2 aromatic rings. The summed E-state index contributed by atoms with van der Waals surface area (Å²) in [6, 6.07) is 10.6. The van der Waals surface area contributed by atoms with Crippen molar-refractivity contribution >= 4 is 0 Å². The van der Waals surface area contributed by atoms with Gasteiger partial charge in [-0.25, -0.2) is 8.78 Å². The molecule has 0 aliphatic heterocycles. The maximum atomic E-state index is 13.5. The van der Waals surface area contributed by atoms with Crippen molar-refractivity contribution in [3.05, 3.63) is 59.2 Å². The average molecular weight is 202 g/mol. The van der Waals surface area contributed by atoms with E-state index in [1.54, 1.807) is 6.07 Å². The minimum Gasteiger partial charge on any atom is -0.204 e. The molecule has 0 N–H and O–H groups in total. The molecule has 0 bridgehead atoms. The molecule has 3 rings (SSSR count). The van der Waals surface area contributed by atoms with Gasteiger partial charge in [-0.3, -0.25) is 0 Å². The van der Waals surface area contributed by atoms with E-state index >= 15 is 0 Å². The monoisotopic (exact) mass is 202 g/mol. The van der Waals surface area contributed by atoms with Gasteiger partial charge in [-0.1, -0.05) is 30.3 Å². The van der Waals surface area contributed by atoms with Gasteiger partial charge in [0.2, 0.25) is 0 Å². The third-order valence-electron chi connectivity index (χ3n) is 2.87. The van der Waals surface area contributed by atoms with Gasteiger partial charge in [0.1, 0.15) is 0 Å². The predicted octanol–water partition coefficient (Wildman–Crippen LogP) is 3.54. The topological polar surface area (TPSA) is 0 Å². The van der Waals surface area contributed by atoms with Crippen LogP contribution in [0.1, 0.15) is 11.1 Å². The molecule has 2 heteroatoms. The molecule has 0 radical (unpaired) electrons. The van der Waals surface area contributed by atoms with Crippen molar-refractivity contribution in [2.24, 2.45) is 0 Å². The Morgan fingerprint density at radius 1 is 0.867 bits per heavy atom. The summed E-state index contributed by atoms with van der Waals surface area (Å²) in [4.78, 5) is 0. The first-order chi connectivity index (χ1) is 7.27. The summed E-state index contributed by atoms with van der Waals surface area (Å²) in [5.74, 6) is -1.47. The number of benzene rings is 2. The lowest BCUT2D eigenvalue weighted by atomic mass is 10.1. The van der Waals surface area contributed by atoms with E-state index < -0.39 is 11.6 Å². The summed E-state index contributed by atoms with van der Waals surface area (Å²) in [5.41, 5.74) is 3.39. The van der Waals surface area contributed by atoms with Crippen LogP contribution in [0.5, 0.6) is 0 Å². The van der Waals surface area contributed by atoms with Crippen LogP contribution in [0.4, 0.5) is 8.78 Å². The Bertz CT molecular complexity index is 544. The number of fused-ring (bicyclic) bond motifs is 3. The van der Waals surface area contributed by atoms with Crippen LogP contribution in [0.15, 0.2) is 36.4 Å². The van der Waals surface area contributed by atoms with Crippen molar-refractivity contribution in [2.75, 3.05) is 0 Å². The molecular formula is C13H8F2. The van der Waals surface area contributed by atoms with E-state index in [0.29, 0.717) is 12.0 Å². The summed E-state index contributed by atoms with van der Waals surface area (Å²) in [5, 5.41) is 0. The summed E-state index contributed by atoms with van der Waals surface area (Å²) in [6.07, 6.45) is 0.495. The minimum atomic E-state index is -0.762. The molecule has 0 aromatic heterocycles. The third kappa shape index (κ3) is 1.11. The van der Waals surface area contributed by atoms with E-state index in [-0.39, 0.29) is 0 Å². The molecule has 0 amide bonds. The fraction of sp³-hybridized carbons (Fsp3) is 0.0769. The minimum absolute atomic E-state index is 0.483. The fourth-order valence-electron chi connectivity index (χ4n) is 2.15. The van der Waals surface area contributed by atoms with Gasteiger partial charge in [0.05, 0.1) is 0 Å². The SMILES string of the molecule is Fc1ccc2c(c1F)Cc1ccccc1-2. The Morgan fingerprint density at radius 2 is 1.67 bits per heavy atom. The maximum absolute atomic E-state index is 13.5. The van der Waals surface area contributed by atoms with Crippen LogP contribution in [-0.4, -0.2) is 0 Å². The molecule has 15 heavy (non-hydrogen) atoms. The standard InChI is InChI=1S/C13H8F2/c14-12-6-5-10-9-4-2-1-3-8(9)7-11(10)13(12)15/h1-6H,7H2. The van der Waals surface area contributed by atoms with E-state index in [2.05, 4.69) is 0 Å². The fourth-order valence-corrected chi connectivity index (χ4v) is 2.15. The Kier molecular flexibility index (Phi) is 1.66. The molecule has 0 nitrogen and oxygen atoms in total. The zero-order valence-electron chi connectivity index (χ0n) is 7.93. The summed E-state index contributed by atoms with van der Waals surface area (Å²) < 4.78 is 26.5. The Balaban J connectivity index is 2.31. The molecule has 1 aliphatic rings. The molecule has 0 fully saturated rings. The first kappa shape index (κ1) is 8.60. The lowest BCUT2D eigenvalue weighted by Crippen LogP contribution is -1.91. The van der Waals surface area contributed by atoms with E-state index in [0.717, 1.165) is 16.7 Å². The average Bonchev–Trinajstić information content (AvgIpc) is 2.63. The molecule has 74 valence electrons. The molecule has 0 saturated heterocycles. The van der Waals surface area contributed by atoms with Gasteiger partial charge < -0.3 is 0 Å². The highest BCUT2D eigenvalue weighted by Crippen LogP contribution is 2.38. The normalized spacial score (nSPS) is 12.4. The van der Waals surface area contributed by atoms with Crippen LogP contribution in [0, 0.1) is 11.6 Å². The molecule has 1 aliphatic carbocycles. The van der Waals surface area contributed by atoms with Gasteiger partial charge in [0, 0.05) is 12.0 Å². The van der Waals surface area contributed by atoms with Crippen LogP contribution in [-0.2, 0) is 6.42 Å². The van der Waals surface area contributed by atoms with Crippen molar-refractivity contribution < 1.29 is 8.78 Å². The predicted molar refractivity (Wildman–Crippen MR) is 54.6 cm³/mol. The van der Waals surface area contributed by atoms with E-state index in [4.69, 9.17) is 0 Å². The van der Waals surface area contributed by atoms with Crippen LogP contribution < -0.4 is 0 Å². The van der Waals surface area contributed by atoms with Crippen LogP contribution in [0.2, 0.25) is 0 Å². The van der Waals surface area contributed by atoms with Gasteiger partial charge in [0.15, 0.2) is 11.6 Å². The highest BCUT2D eigenvalue weighted by molar-refractivity contribution is 5.76. The second-order valence-corrected chi connectivity index (χ2v) is 3.72. The number of halogens is 2. The molecule has 0 spiro atoms. The first-order valence-corrected chi connectivity index (χ1v) is 4.82. The van der Waals surface area contributed by atoms with Crippen molar-refractivity contribution in [3.8, 4) is 11.1 Å². The molecule has 0 saturated carbocycles. The second-order valence-electron chi connectivity index (χ2n) is 3.72. The van der Waals surface area contributed by atoms with Gasteiger partial charge in [0.25, 0.3) is 0 Å². The molecule has 0 heterocycles. The number of rotatable bonds is 0. The zero-order valence-corrected chi connectivity index (χ0v) is 7.93. The smallest absolute Gasteiger partial charge is 0.162 e. The van der Waals surface area contributed by atoms with E-state index in [1.165, 1.54) is 6.07 Å². The van der Waals surface area contributed by atoms with Crippen LogP contribution in [0.3, 0.4) is 0 Å². The summed E-state index contributed by atoms with van der Waals surface area (Å²) in [6.45, 7) is 0. The zero-order chi connectivity index (χ0) is 10.4. The Morgan fingerprint density at radius 3 is 2.53 bits per heavy atom. The Hall–Kier alpha value is -1.70. The van der Waals surface area contributed by atoms with E-state index in [9.17, 15) is 8.78 Å². The molecule has 2 aromatic carbocycles. The van der Waals surface area contributed by atoms with Crippen molar-refractivity contribution in [1.82, 2.24) is 0 Å². The lowest BCUT2D eigenvalue weighted by Gasteiger charge is -2.01. The van der Waals surface area contributed by atoms with Crippen molar-refractivity contribution in [2.45, 2.75) is 6.42 Å². The van der Waals surface area contributed by atoms with Gasteiger partial charge >= 0.3 is 0 Å². The third-order valence-corrected chi connectivity index (χ3v) is 2.87. The quantitative estimate of drug-likeness (QED) is 0.523. The highest BCUT2D eigenvalue weighted by atomic mass is 19.2. The highest BCUT2D eigenvalue weighted by Gasteiger charge is 2.22. The largest absolute Gasteiger partial charge is 0.204 e. The van der Waals surface area contributed by atoms with Gasteiger partial charge in [-0.2, -0.15) is 0 Å². The number of hydrogen-bond donors (Lipinski definition) is 0. The molecular weight excluding hydrogens is 194 g/mol. The van der Waals surface area contributed by atoms with Crippen molar-refractivity contribution in [1.29, 1.82) is 0 Å². The second kappa shape index (κ2) is 2.89.